The minimum atomic E-state index is -4.61. The highest BCUT2D eigenvalue weighted by Crippen LogP contribution is 2.49. The lowest BCUT2D eigenvalue weighted by atomic mass is 9.95. The van der Waals surface area contributed by atoms with Gasteiger partial charge >= 0.3 is 7.82 Å². The van der Waals surface area contributed by atoms with Gasteiger partial charge < -0.3 is 29.2 Å². The van der Waals surface area contributed by atoms with Crippen molar-refractivity contribution in [1.29, 1.82) is 0 Å². The van der Waals surface area contributed by atoms with Gasteiger partial charge in [-0.25, -0.2) is 4.57 Å². The van der Waals surface area contributed by atoms with Gasteiger partial charge in [0.25, 0.3) is 5.91 Å². The highest BCUT2D eigenvalue weighted by molar-refractivity contribution is 7.99. The van der Waals surface area contributed by atoms with Gasteiger partial charge in [0.1, 0.15) is 29.5 Å². The molecule has 2 saturated heterocycles. The summed E-state index contributed by atoms with van der Waals surface area (Å²) in [6.07, 6.45) is -1.44. The Labute approximate surface area is 249 Å². The molecule has 42 heavy (non-hydrogen) atoms. The molecule has 2 aliphatic rings. The molecule has 3 aromatic rings. The second kappa shape index (κ2) is 13.7. The van der Waals surface area contributed by atoms with E-state index in [4.69, 9.17) is 28.0 Å². The van der Waals surface area contributed by atoms with Crippen LogP contribution >= 0.6 is 19.6 Å². The summed E-state index contributed by atoms with van der Waals surface area (Å²) >= 11 is 1.28. The molecule has 2 aliphatic heterocycles. The summed E-state index contributed by atoms with van der Waals surface area (Å²) < 4.78 is 48.2. The van der Waals surface area contributed by atoms with E-state index in [9.17, 15) is 14.3 Å². The lowest BCUT2D eigenvalue weighted by molar-refractivity contribution is -0.298. The van der Waals surface area contributed by atoms with Gasteiger partial charge in [-0.15, -0.1) is 11.8 Å². The van der Waals surface area contributed by atoms with Gasteiger partial charge in [-0.1, -0.05) is 60.2 Å². The van der Waals surface area contributed by atoms with Gasteiger partial charge in [0.2, 0.25) is 0 Å². The summed E-state index contributed by atoms with van der Waals surface area (Å²) in [5, 5.41) is 3.01. The molecule has 224 valence electrons. The average Bonchev–Trinajstić information content (AvgIpc) is 3.01. The van der Waals surface area contributed by atoms with Gasteiger partial charge in [-0.05, 0) is 43.0 Å². The Morgan fingerprint density at radius 1 is 1.05 bits per heavy atom. The number of aryl methyl sites for hydroxylation is 1. The fourth-order valence-corrected chi connectivity index (χ4v) is 6.60. The SMILES string of the molecule is COc1ccc([C@H]2OC[C@H]3O[C@@H](SC)[C@H](OP(=O)(O)OCc4ccccc4)[C@@H](NC(=O)c4ccc(C)cc4)[C@H]3O2)cc1. The first-order chi connectivity index (χ1) is 20.3. The highest BCUT2D eigenvalue weighted by atomic mass is 32.2. The molecule has 0 radical (unpaired) electrons. The number of hydrogen-bond acceptors (Lipinski definition) is 9. The topological polar surface area (TPSA) is 122 Å². The molecule has 0 spiro atoms. The van der Waals surface area contributed by atoms with Crippen LogP contribution in [0.2, 0.25) is 0 Å². The number of nitrogens with one attached hydrogen (secondary N) is 1. The minimum absolute atomic E-state index is 0.136. The maximum absolute atomic E-state index is 13.5. The first-order valence-electron chi connectivity index (χ1n) is 13.4. The van der Waals surface area contributed by atoms with Crippen molar-refractivity contribution in [3.63, 3.8) is 0 Å². The summed E-state index contributed by atoms with van der Waals surface area (Å²) in [4.78, 5) is 24.2. The summed E-state index contributed by atoms with van der Waals surface area (Å²) in [7, 11) is -3.03. The van der Waals surface area contributed by atoms with Crippen LogP contribution in [-0.2, 0) is 34.4 Å². The van der Waals surface area contributed by atoms with E-state index >= 15 is 0 Å². The number of ether oxygens (including phenoxy) is 4. The van der Waals surface area contributed by atoms with Gasteiger partial charge in [0.15, 0.2) is 6.29 Å². The fraction of sp³-hybridized carbons (Fsp3) is 0.367. The number of benzene rings is 3. The lowest BCUT2D eigenvalue weighted by Crippen LogP contribution is -2.66. The van der Waals surface area contributed by atoms with E-state index in [-0.39, 0.29) is 19.1 Å². The third-order valence-corrected chi connectivity index (χ3v) is 8.88. The molecule has 3 aromatic carbocycles. The van der Waals surface area contributed by atoms with E-state index in [0.717, 1.165) is 11.1 Å². The maximum atomic E-state index is 13.5. The Balaban J connectivity index is 1.42. The molecule has 2 fully saturated rings. The Hall–Kier alpha value is -2.73. The number of hydrogen-bond donors (Lipinski definition) is 2. The van der Waals surface area contributed by atoms with E-state index in [1.54, 1.807) is 61.9 Å². The first kappa shape index (κ1) is 30.7. The van der Waals surface area contributed by atoms with Crippen molar-refractivity contribution in [3.8, 4) is 5.75 Å². The van der Waals surface area contributed by atoms with Crippen LogP contribution in [0.4, 0.5) is 0 Å². The van der Waals surface area contributed by atoms with Crippen molar-refractivity contribution in [2.75, 3.05) is 20.0 Å². The molecule has 10 nitrogen and oxygen atoms in total. The number of methoxy groups -OCH3 is 1. The van der Waals surface area contributed by atoms with Crippen LogP contribution in [0.25, 0.3) is 0 Å². The quantitative estimate of drug-likeness (QED) is 0.301. The van der Waals surface area contributed by atoms with Crippen molar-refractivity contribution < 1.29 is 42.2 Å². The number of carbonyl (C=O) groups excluding carboxylic acids is 1. The monoisotopic (exact) mass is 615 g/mol. The van der Waals surface area contributed by atoms with E-state index in [0.29, 0.717) is 16.9 Å². The van der Waals surface area contributed by atoms with Crippen LogP contribution < -0.4 is 10.1 Å². The standard InChI is InChI=1S/C30H34NO9PS/c1-19-9-11-21(12-10-19)28(32)31-25-26-24(18-36-29(39-26)22-13-15-23(35-2)16-14-22)38-30(42-3)27(25)40-41(33,34)37-17-20-7-5-4-6-8-20/h4-16,24-27,29-30H,17-18H2,1-3H3,(H,31,32)(H,33,34)/t24-,25+,26+,27-,29+,30+/m1/s1. The van der Waals surface area contributed by atoms with Crippen molar-refractivity contribution in [1.82, 2.24) is 5.32 Å². The molecular weight excluding hydrogens is 581 g/mol. The summed E-state index contributed by atoms with van der Waals surface area (Å²) in [6.45, 7) is 1.97. The van der Waals surface area contributed by atoms with Crippen molar-refractivity contribution in [2.45, 2.75) is 49.6 Å². The van der Waals surface area contributed by atoms with Crippen LogP contribution in [-0.4, -0.2) is 60.6 Å². The predicted octanol–water partition coefficient (Wildman–Crippen LogP) is 5.01. The summed E-state index contributed by atoms with van der Waals surface area (Å²) in [6, 6.07) is 22.5. The summed E-state index contributed by atoms with van der Waals surface area (Å²) in [5.74, 6) is 0.297. The number of fused-ring (bicyclic) bond motifs is 1. The Morgan fingerprint density at radius 3 is 2.43 bits per heavy atom. The molecule has 0 aromatic heterocycles. The number of thioether (sulfide) groups is 1. The number of carbonyl (C=O) groups is 1. The molecule has 0 bridgehead atoms. The van der Waals surface area contributed by atoms with Gasteiger partial charge in [-0.3, -0.25) is 13.8 Å². The maximum Gasteiger partial charge on any atom is 0.472 e. The Bertz CT molecular complexity index is 1380. The van der Waals surface area contributed by atoms with E-state index in [2.05, 4.69) is 5.32 Å². The van der Waals surface area contributed by atoms with Crippen molar-refractivity contribution in [3.05, 3.63) is 101 Å². The normalized spacial score (nSPS) is 27.0. The predicted molar refractivity (Wildman–Crippen MR) is 157 cm³/mol. The third kappa shape index (κ3) is 7.42. The molecule has 0 aliphatic carbocycles. The van der Waals surface area contributed by atoms with Crippen molar-refractivity contribution in [2.24, 2.45) is 0 Å². The van der Waals surface area contributed by atoms with E-state index < -0.39 is 43.9 Å². The van der Waals surface area contributed by atoms with Crippen molar-refractivity contribution >= 4 is 25.5 Å². The van der Waals surface area contributed by atoms with Crippen LogP contribution in [0, 0.1) is 6.92 Å². The zero-order valence-electron chi connectivity index (χ0n) is 23.5. The Kier molecular flexibility index (Phi) is 10.0. The number of phosphoric ester groups is 1. The summed E-state index contributed by atoms with van der Waals surface area (Å²) in [5.41, 5.74) is 2.14. The lowest BCUT2D eigenvalue weighted by Gasteiger charge is -2.49. The largest absolute Gasteiger partial charge is 0.497 e. The number of rotatable bonds is 10. The smallest absolute Gasteiger partial charge is 0.472 e. The second-order valence-corrected chi connectivity index (χ2v) is 12.3. The first-order valence-corrected chi connectivity index (χ1v) is 16.2. The Morgan fingerprint density at radius 2 is 1.76 bits per heavy atom. The number of phosphoric acid groups is 1. The molecule has 2 heterocycles. The molecule has 0 saturated carbocycles. The molecular formula is C30H34NO9PS. The van der Waals surface area contributed by atoms with E-state index in [1.807, 2.05) is 37.3 Å². The number of amides is 1. The van der Waals surface area contributed by atoms with Crippen LogP contribution in [0.5, 0.6) is 5.75 Å². The zero-order chi connectivity index (χ0) is 29.7. The van der Waals surface area contributed by atoms with E-state index in [1.165, 1.54) is 11.8 Å². The molecule has 5 rings (SSSR count). The second-order valence-electron chi connectivity index (χ2n) is 9.98. The highest BCUT2D eigenvalue weighted by Gasteiger charge is 2.53. The van der Waals surface area contributed by atoms with Gasteiger partial charge in [-0.2, -0.15) is 0 Å². The fourth-order valence-electron chi connectivity index (χ4n) is 4.84. The minimum Gasteiger partial charge on any atom is -0.497 e. The van der Waals surface area contributed by atoms with Gasteiger partial charge in [0, 0.05) is 11.1 Å². The van der Waals surface area contributed by atoms with Gasteiger partial charge in [0.05, 0.1) is 26.4 Å². The molecule has 12 heteroatoms. The van der Waals surface area contributed by atoms with Crippen LogP contribution in [0.1, 0.15) is 33.3 Å². The average molecular weight is 616 g/mol. The third-order valence-electron chi connectivity index (χ3n) is 7.07. The molecule has 7 atom stereocenters. The zero-order valence-corrected chi connectivity index (χ0v) is 25.2. The molecule has 1 amide bonds. The molecule has 2 N–H and O–H groups in total. The van der Waals surface area contributed by atoms with Crippen LogP contribution in [0.3, 0.4) is 0 Å². The van der Waals surface area contributed by atoms with Crippen LogP contribution in [0.15, 0.2) is 78.9 Å². The molecule has 1 unspecified atom stereocenters.